The number of para-hydroxylation sites is 1. The smallest absolute Gasteiger partial charge is 0.340 e. The number of benzene rings is 2. The van der Waals surface area contributed by atoms with Gasteiger partial charge in [0.2, 0.25) is 0 Å². The Morgan fingerprint density at radius 1 is 1.08 bits per heavy atom. The van der Waals surface area contributed by atoms with Gasteiger partial charge >= 0.3 is 5.97 Å². The van der Waals surface area contributed by atoms with Crippen molar-refractivity contribution in [3.63, 3.8) is 0 Å². The number of anilines is 1. The molecule has 1 fully saturated rings. The molecule has 7 rings (SSSR count). The van der Waals surface area contributed by atoms with Gasteiger partial charge in [-0.15, -0.1) is 0 Å². The molecule has 1 aliphatic carbocycles. The van der Waals surface area contributed by atoms with Crippen molar-refractivity contribution in [1.29, 1.82) is 0 Å². The minimum absolute atomic E-state index is 0.0993. The van der Waals surface area contributed by atoms with Gasteiger partial charge in [-0.2, -0.15) is 0 Å². The Kier molecular flexibility index (Phi) is 12.4. The van der Waals surface area contributed by atoms with Gasteiger partial charge in [0.15, 0.2) is 5.60 Å². The molecule has 0 bridgehead atoms. The fraction of sp³-hybridized carbons (Fsp3) is 0.574. The molecule has 60 heavy (non-hydrogen) atoms. The summed E-state index contributed by atoms with van der Waals surface area (Å²) >= 11 is 0. The van der Waals surface area contributed by atoms with Crippen LogP contribution in [0.1, 0.15) is 88.6 Å². The molecular weight excluding hydrogens is 763 g/mol. The molecular formula is C47H65N5O8. The summed E-state index contributed by atoms with van der Waals surface area (Å²) in [5.41, 5.74) is 1.23. The van der Waals surface area contributed by atoms with E-state index < -0.39 is 58.6 Å². The molecule has 0 radical (unpaired) electrons. The number of carbonyl (C=O) groups is 2. The molecule has 1 amide bonds. The maximum Gasteiger partial charge on any atom is 0.340 e. The number of aromatic amines is 1. The van der Waals surface area contributed by atoms with E-state index in [1.165, 1.54) is 7.11 Å². The van der Waals surface area contributed by atoms with Crippen molar-refractivity contribution in [1.82, 2.24) is 20.5 Å². The number of H-pyrrole nitrogens is 1. The Bertz CT molecular complexity index is 2170. The van der Waals surface area contributed by atoms with Crippen LogP contribution in [-0.2, 0) is 20.7 Å². The topological polar surface area (TPSA) is 180 Å². The third-order valence-electron chi connectivity index (χ3n) is 14.2. The summed E-state index contributed by atoms with van der Waals surface area (Å²) in [5.74, 6) is -1.75. The average molecular weight is 828 g/mol. The summed E-state index contributed by atoms with van der Waals surface area (Å²) in [6.45, 7) is 11.9. The van der Waals surface area contributed by atoms with Crippen LogP contribution in [0.25, 0.3) is 22.0 Å². The number of hydrogen-bond donors (Lipinski definition) is 7. The van der Waals surface area contributed by atoms with Gasteiger partial charge in [-0.25, -0.2) is 4.79 Å². The van der Waals surface area contributed by atoms with Crippen molar-refractivity contribution in [2.24, 2.45) is 11.3 Å². The first-order valence-corrected chi connectivity index (χ1v) is 21.7. The average Bonchev–Trinajstić information content (AvgIpc) is 3.74. The molecule has 1 saturated carbocycles. The van der Waals surface area contributed by atoms with Gasteiger partial charge in [-0.05, 0) is 86.9 Å². The lowest BCUT2D eigenvalue weighted by Crippen LogP contribution is -2.78. The van der Waals surface area contributed by atoms with Crippen molar-refractivity contribution in [2.45, 2.75) is 108 Å². The number of allylic oxidation sites excluding steroid dienone is 1. The highest BCUT2D eigenvalue weighted by molar-refractivity contribution is 6.26. The number of aliphatic hydroxyl groups excluding tert-OH is 2. The molecule has 13 nitrogen and oxygen atoms in total. The summed E-state index contributed by atoms with van der Waals surface area (Å²) in [6, 6.07) is 10.7. The van der Waals surface area contributed by atoms with Crippen LogP contribution in [0.4, 0.5) is 5.69 Å². The standard InChI is InChI=1S/C47H65N5O8/c1-9-20-52-21-14-18-46(11-3)40(52)37-31-22-32(35(59-7)23-34(31)51(6)41(37)47(58,43(46)55)44(56)49-25-28(5)53)36-27(4)24-45(57,10-2)26-48-19-17-30-29-15-12-13-16-33(29)50-39(30)38(36)42(54)60-8/h12-16,18,22-23,27-28,37,40-41,43,48,50,53,55,57-58H,9-11,17,19-21,24-26H2,1-8H3,(H,49,56)/b38-36-/t27-,28+,37?,40?,41?,43-,45?,46-,47+/m1/s1. The van der Waals surface area contributed by atoms with E-state index in [0.717, 1.165) is 40.7 Å². The van der Waals surface area contributed by atoms with Crippen molar-refractivity contribution in [2.75, 3.05) is 58.9 Å². The summed E-state index contributed by atoms with van der Waals surface area (Å²) < 4.78 is 11.9. The fourth-order valence-corrected chi connectivity index (χ4v) is 11.4. The van der Waals surface area contributed by atoms with Crippen molar-refractivity contribution < 1.29 is 39.5 Å². The molecule has 0 saturated heterocycles. The summed E-state index contributed by atoms with van der Waals surface area (Å²) in [7, 11) is 4.81. The molecule has 3 aliphatic heterocycles. The Labute approximate surface area is 353 Å². The second-order valence-electron chi connectivity index (χ2n) is 17.7. The molecule has 0 spiro atoms. The predicted octanol–water partition coefficient (Wildman–Crippen LogP) is 4.12. The van der Waals surface area contributed by atoms with Crippen LogP contribution < -0.4 is 20.3 Å². The Morgan fingerprint density at radius 2 is 1.83 bits per heavy atom. The molecule has 326 valence electrons. The number of aliphatic hydroxyl groups is 4. The highest BCUT2D eigenvalue weighted by Crippen LogP contribution is 2.61. The number of aromatic nitrogens is 1. The third kappa shape index (κ3) is 6.95. The molecule has 3 aromatic rings. The lowest BCUT2D eigenvalue weighted by molar-refractivity contribution is -0.198. The molecule has 1 aromatic heterocycles. The van der Waals surface area contributed by atoms with E-state index in [4.69, 9.17) is 9.47 Å². The van der Waals surface area contributed by atoms with Crippen molar-refractivity contribution in [3.05, 3.63) is 70.9 Å². The number of rotatable bonds is 10. The number of hydrogen-bond acceptors (Lipinski definition) is 11. The van der Waals surface area contributed by atoms with Gasteiger partial charge in [0.25, 0.3) is 5.91 Å². The number of likely N-dealkylation sites (N-methyl/N-ethyl adjacent to an activating group) is 1. The van der Waals surface area contributed by atoms with Crippen molar-refractivity contribution >= 4 is 39.6 Å². The van der Waals surface area contributed by atoms with E-state index in [0.29, 0.717) is 73.5 Å². The fourth-order valence-electron chi connectivity index (χ4n) is 11.4. The number of fused-ring (bicyclic) bond motifs is 8. The second kappa shape index (κ2) is 16.9. The third-order valence-corrected chi connectivity index (χ3v) is 14.2. The maximum absolute atomic E-state index is 14.6. The minimum Gasteiger partial charge on any atom is -0.496 e. The van der Waals surface area contributed by atoms with Crippen LogP contribution in [0.2, 0.25) is 0 Å². The maximum atomic E-state index is 14.6. The van der Waals surface area contributed by atoms with Crippen LogP contribution in [0, 0.1) is 11.3 Å². The van der Waals surface area contributed by atoms with E-state index >= 15 is 0 Å². The zero-order valence-electron chi connectivity index (χ0n) is 36.5. The lowest BCUT2D eigenvalue weighted by atomic mass is 9.53. The van der Waals surface area contributed by atoms with Crippen LogP contribution in [0.3, 0.4) is 0 Å². The quantitative estimate of drug-likeness (QED) is 0.116. The summed E-state index contributed by atoms with van der Waals surface area (Å²) in [4.78, 5) is 36.9. The van der Waals surface area contributed by atoms with E-state index in [9.17, 15) is 30.0 Å². The largest absolute Gasteiger partial charge is 0.496 e. The Balaban J connectivity index is 1.56. The zero-order chi connectivity index (χ0) is 43.3. The Morgan fingerprint density at radius 3 is 2.50 bits per heavy atom. The molecule has 4 aliphatic rings. The van der Waals surface area contributed by atoms with E-state index in [-0.39, 0.29) is 12.6 Å². The van der Waals surface area contributed by atoms with Gasteiger partial charge in [0.1, 0.15) is 11.9 Å². The van der Waals surface area contributed by atoms with Gasteiger partial charge in [0.05, 0.1) is 43.2 Å². The molecule has 2 aromatic carbocycles. The normalized spacial score (nSPS) is 32.3. The number of nitrogens with zero attached hydrogens (tertiary/aromatic N) is 2. The predicted molar refractivity (Wildman–Crippen MR) is 234 cm³/mol. The van der Waals surface area contributed by atoms with E-state index in [1.807, 2.05) is 75.2 Å². The van der Waals surface area contributed by atoms with Crippen molar-refractivity contribution in [3.8, 4) is 5.75 Å². The number of β-amino-alcohol motifs (C(OH)–C–C–N with tert-alkyl or cyclic N) is 1. The highest BCUT2D eigenvalue weighted by Gasteiger charge is 2.71. The van der Waals surface area contributed by atoms with Gasteiger partial charge in [-0.1, -0.05) is 58.0 Å². The van der Waals surface area contributed by atoms with Crippen LogP contribution in [0.15, 0.2) is 48.6 Å². The summed E-state index contributed by atoms with van der Waals surface area (Å²) in [6.07, 6.45) is 4.33. The van der Waals surface area contributed by atoms with Crippen LogP contribution in [-0.4, -0.2) is 132 Å². The second-order valence-corrected chi connectivity index (χ2v) is 17.7. The van der Waals surface area contributed by atoms with Gasteiger partial charge in [0, 0.05) is 72.3 Å². The number of esters is 1. The number of amides is 1. The first kappa shape index (κ1) is 43.8. The number of methoxy groups -OCH3 is 2. The van der Waals surface area contributed by atoms with E-state index in [1.54, 1.807) is 14.0 Å². The van der Waals surface area contributed by atoms with Crippen LogP contribution >= 0.6 is 0 Å². The SMILES string of the molecule is CCCN1CC=C[C@]2(CC)C1C1c3cc(/C4=C(\C(=O)OC)c5[nH]c6ccccc6c5CCNCC(O)(CC)C[C@H]4C)c(OC)cc3N(C)C1[C@@](O)(C(=O)NC[C@H](C)O)[C@@H]2O. The Hall–Kier alpha value is -4.24. The number of carbonyl (C=O) groups excluding carboxylic acids is 2. The molecule has 4 heterocycles. The molecule has 13 heteroatoms. The van der Waals surface area contributed by atoms with E-state index in [2.05, 4.69) is 33.5 Å². The van der Waals surface area contributed by atoms with Gasteiger partial charge < -0.3 is 50.4 Å². The van der Waals surface area contributed by atoms with Gasteiger partial charge in [-0.3, -0.25) is 9.69 Å². The first-order valence-electron chi connectivity index (χ1n) is 21.7. The highest BCUT2D eigenvalue weighted by atomic mass is 16.5. The molecule has 7 N–H and O–H groups in total. The molecule has 9 atom stereocenters. The first-order chi connectivity index (χ1) is 28.7. The number of nitrogens with one attached hydrogen (secondary N) is 3. The summed E-state index contributed by atoms with van der Waals surface area (Å²) in [5, 5.41) is 55.3. The lowest BCUT2D eigenvalue weighted by Gasteiger charge is -2.61. The minimum atomic E-state index is -2.31. The molecule has 4 unspecified atom stereocenters. The van der Waals surface area contributed by atoms with Crippen LogP contribution in [0.5, 0.6) is 5.75 Å². The number of ether oxygens (including phenoxy) is 2. The zero-order valence-corrected chi connectivity index (χ0v) is 36.5. The monoisotopic (exact) mass is 827 g/mol.